The Balaban J connectivity index is 1.98. The summed E-state index contributed by atoms with van der Waals surface area (Å²) in [6.07, 6.45) is 0. The summed E-state index contributed by atoms with van der Waals surface area (Å²) >= 11 is 0.315. The van der Waals surface area contributed by atoms with E-state index in [9.17, 15) is 0 Å². The van der Waals surface area contributed by atoms with Gasteiger partial charge in [0.1, 0.15) is 0 Å². The summed E-state index contributed by atoms with van der Waals surface area (Å²) in [7, 11) is 1.70. The zero-order valence-electron chi connectivity index (χ0n) is 10.9. The number of hydrogen-bond acceptors (Lipinski definition) is 1. The Morgan fingerprint density at radius 1 is 1.00 bits per heavy atom. The maximum atomic E-state index is 5.20. The third kappa shape index (κ3) is 2.40. The van der Waals surface area contributed by atoms with Gasteiger partial charge in [0, 0.05) is 0 Å². The Morgan fingerprint density at radius 2 is 1.74 bits per heavy atom. The van der Waals surface area contributed by atoms with E-state index in [1.54, 1.807) is 7.11 Å². The fraction of sp³-hybridized carbons (Fsp3) is 0.125. The summed E-state index contributed by atoms with van der Waals surface area (Å²) in [4.78, 5) is 3.46. The monoisotopic (exact) mass is 317 g/mol. The summed E-state index contributed by atoms with van der Waals surface area (Å²) in [5.74, 6) is 0.912. The van der Waals surface area contributed by atoms with E-state index in [4.69, 9.17) is 4.74 Å². The Labute approximate surface area is 119 Å². The average molecular weight is 316 g/mol. The Hall–Kier alpha value is -1.70. The average Bonchev–Trinajstić information content (AvgIpc) is 2.76. The van der Waals surface area contributed by atoms with Crippen LogP contribution >= 0.6 is 0 Å². The van der Waals surface area contributed by atoms with E-state index in [1.807, 2.05) is 12.1 Å². The second-order valence-electron chi connectivity index (χ2n) is 4.40. The fourth-order valence-corrected chi connectivity index (χ4v) is 4.24. The van der Waals surface area contributed by atoms with Crippen molar-refractivity contribution in [3.63, 3.8) is 0 Å². The summed E-state index contributed by atoms with van der Waals surface area (Å²) in [5.41, 5.74) is 2.50. The predicted molar refractivity (Wildman–Crippen MR) is 81.1 cm³/mol. The summed E-state index contributed by atoms with van der Waals surface area (Å²) in [6.45, 7) is 2.15. The molecule has 19 heavy (non-hydrogen) atoms. The molecule has 1 heterocycles. The molecule has 0 unspecified atom stereocenters. The third-order valence-corrected chi connectivity index (χ3v) is 5.71. The molecule has 0 saturated carbocycles. The molecule has 3 rings (SSSR count). The minimum atomic E-state index is 0.315. The fourth-order valence-electron chi connectivity index (χ4n) is 2.14. The minimum absolute atomic E-state index is 0.315. The molecule has 0 aliphatic rings. The molecule has 0 fully saturated rings. The molecule has 2 nitrogen and oxygen atoms in total. The second kappa shape index (κ2) is 5.12. The first-order chi connectivity index (χ1) is 9.28. The quantitative estimate of drug-likeness (QED) is 0.736. The number of aromatic amines is 1. The van der Waals surface area contributed by atoms with Crippen LogP contribution < -0.4 is 13.7 Å². The van der Waals surface area contributed by atoms with Gasteiger partial charge in [0.2, 0.25) is 0 Å². The van der Waals surface area contributed by atoms with Crippen molar-refractivity contribution in [2.75, 3.05) is 7.11 Å². The van der Waals surface area contributed by atoms with Crippen LogP contribution in [0.1, 0.15) is 5.69 Å². The molecular weight excluding hydrogens is 301 g/mol. The molecule has 0 spiro atoms. The number of methoxy groups -OCH3 is 1. The number of rotatable bonds is 3. The first-order valence-electron chi connectivity index (χ1n) is 6.17. The molecular formula is C16H15NOSe. The van der Waals surface area contributed by atoms with Crippen molar-refractivity contribution in [1.82, 2.24) is 4.98 Å². The van der Waals surface area contributed by atoms with Gasteiger partial charge in [-0.2, -0.15) is 0 Å². The molecule has 0 bridgehead atoms. The topological polar surface area (TPSA) is 25.0 Å². The van der Waals surface area contributed by atoms with Gasteiger partial charge < -0.3 is 0 Å². The number of aromatic nitrogens is 1. The Kier molecular flexibility index (Phi) is 3.32. The number of nitrogens with one attached hydrogen (secondary N) is 1. The van der Waals surface area contributed by atoms with Crippen LogP contribution in [-0.4, -0.2) is 27.1 Å². The second-order valence-corrected chi connectivity index (χ2v) is 6.68. The number of benzene rings is 2. The number of para-hydroxylation sites is 1. The molecule has 3 aromatic rings. The van der Waals surface area contributed by atoms with Gasteiger partial charge in [-0.25, -0.2) is 0 Å². The van der Waals surface area contributed by atoms with Gasteiger partial charge in [-0.1, -0.05) is 0 Å². The van der Waals surface area contributed by atoms with Gasteiger partial charge in [0.15, 0.2) is 0 Å². The van der Waals surface area contributed by atoms with Crippen LogP contribution in [0.25, 0.3) is 10.9 Å². The first kappa shape index (κ1) is 12.3. The van der Waals surface area contributed by atoms with E-state index < -0.39 is 0 Å². The van der Waals surface area contributed by atoms with Crippen molar-refractivity contribution < 1.29 is 4.74 Å². The van der Waals surface area contributed by atoms with Gasteiger partial charge in [-0.3, -0.25) is 0 Å². The zero-order chi connectivity index (χ0) is 13.2. The van der Waals surface area contributed by atoms with Crippen molar-refractivity contribution >= 4 is 34.8 Å². The van der Waals surface area contributed by atoms with Crippen LogP contribution in [0, 0.1) is 6.92 Å². The molecule has 0 saturated heterocycles. The Morgan fingerprint density at radius 3 is 2.47 bits per heavy atom. The van der Waals surface area contributed by atoms with Gasteiger partial charge >= 0.3 is 119 Å². The molecule has 0 amide bonds. The molecule has 2 aromatic carbocycles. The van der Waals surface area contributed by atoms with E-state index in [0.717, 1.165) is 5.75 Å². The van der Waals surface area contributed by atoms with E-state index in [-0.39, 0.29) is 0 Å². The van der Waals surface area contributed by atoms with Gasteiger partial charge in [0.05, 0.1) is 0 Å². The first-order valence-corrected chi connectivity index (χ1v) is 7.88. The maximum absolute atomic E-state index is 5.20. The van der Waals surface area contributed by atoms with Crippen molar-refractivity contribution in [2.24, 2.45) is 0 Å². The number of ether oxygens (including phenoxy) is 1. The summed E-state index contributed by atoms with van der Waals surface area (Å²) < 4.78 is 8.00. The predicted octanol–water partition coefficient (Wildman–Crippen LogP) is 2.14. The van der Waals surface area contributed by atoms with Crippen LogP contribution in [0.4, 0.5) is 0 Å². The molecule has 0 radical (unpaired) electrons. The van der Waals surface area contributed by atoms with E-state index in [2.05, 4.69) is 48.3 Å². The molecule has 1 N–H and O–H groups in total. The van der Waals surface area contributed by atoms with Crippen molar-refractivity contribution in [2.45, 2.75) is 6.92 Å². The number of hydrogen-bond donors (Lipinski definition) is 1. The Bertz CT molecular complexity index is 700. The van der Waals surface area contributed by atoms with E-state index in [0.29, 0.717) is 15.0 Å². The van der Waals surface area contributed by atoms with Crippen LogP contribution in [0.5, 0.6) is 5.75 Å². The van der Waals surface area contributed by atoms with E-state index >= 15 is 0 Å². The van der Waals surface area contributed by atoms with Crippen LogP contribution in [0.15, 0.2) is 48.5 Å². The van der Waals surface area contributed by atoms with Crippen molar-refractivity contribution in [1.29, 1.82) is 0 Å². The van der Waals surface area contributed by atoms with Crippen molar-refractivity contribution in [3.8, 4) is 5.75 Å². The number of aryl methyl sites for hydroxylation is 1. The van der Waals surface area contributed by atoms with Crippen LogP contribution in [0.2, 0.25) is 0 Å². The molecule has 0 atom stereocenters. The normalized spacial score (nSPS) is 10.8. The summed E-state index contributed by atoms with van der Waals surface area (Å²) in [5, 5.41) is 1.34. The molecule has 96 valence electrons. The van der Waals surface area contributed by atoms with E-state index in [1.165, 1.54) is 25.5 Å². The molecule has 0 aliphatic heterocycles. The summed E-state index contributed by atoms with van der Waals surface area (Å²) in [6, 6.07) is 16.9. The molecule has 3 heteroatoms. The SMILES string of the molecule is COc1ccc([Se]c2c(C)[nH]c3ccccc23)cc1. The van der Waals surface area contributed by atoms with Gasteiger partial charge in [-0.15, -0.1) is 0 Å². The van der Waals surface area contributed by atoms with Gasteiger partial charge in [-0.05, 0) is 0 Å². The number of fused-ring (bicyclic) bond motifs is 1. The molecule has 1 aromatic heterocycles. The van der Waals surface area contributed by atoms with Crippen LogP contribution in [0.3, 0.4) is 0 Å². The van der Waals surface area contributed by atoms with Crippen molar-refractivity contribution in [3.05, 3.63) is 54.2 Å². The van der Waals surface area contributed by atoms with Crippen LogP contribution in [-0.2, 0) is 0 Å². The third-order valence-electron chi connectivity index (χ3n) is 3.11. The van der Waals surface area contributed by atoms with Gasteiger partial charge in [0.25, 0.3) is 0 Å². The standard InChI is InChI=1S/C16H15NOSe/c1-11-16(14-5-3-4-6-15(14)17-11)19-13-9-7-12(18-2)8-10-13/h3-10,17H,1-2H3. The number of H-pyrrole nitrogens is 1. The zero-order valence-corrected chi connectivity index (χ0v) is 12.6. The molecule has 0 aliphatic carbocycles.